The van der Waals surface area contributed by atoms with E-state index in [4.69, 9.17) is 9.05 Å². The first-order valence-corrected chi connectivity index (χ1v) is 11.6. The summed E-state index contributed by atoms with van der Waals surface area (Å²) in [6.45, 7) is 0.373. The van der Waals surface area contributed by atoms with Gasteiger partial charge in [0.15, 0.2) is 0 Å². The van der Waals surface area contributed by atoms with Crippen LogP contribution in [-0.4, -0.2) is 23.0 Å². The Kier molecular flexibility index (Phi) is 8.23. The van der Waals surface area contributed by atoms with Crippen molar-refractivity contribution in [1.29, 1.82) is 0 Å². The molecule has 2 aromatic rings. The van der Waals surface area contributed by atoms with E-state index in [9.17, 15) is 18.9 Å². The smallest absolute Gasteiger partial charge is 0.321 e. The van der Waals surface area contributed by atoms with Crippen molar-refractivity contribution in [1.82, 2.24) is 0 Å². The molecule has 6 nitrogen and oxygen atoms in total. The summed E-state index contributed by atoms with van der Waals surface area (Å²) in [7, 11) is -7.51. The fourth-order valence-electron chi connectivity index (χ4n) is 2.32. The Morgan fingerprint density at radius 2 is 0.962 bits per heavy atom. The molecular weight excluding hydrogens is 374 g/mol. The van der Waals surface area contributed by atoms with Crippen LogP contribution in [-0.2, 0) is 18.2 Å². The third-order valence-corrected chi connectivity index (χ3v) is 6.70. The monoisotopic (exact) mass is 398 g/mol. The van der Waals surface area contributed by atoms with Gasteiger partial charge >= 0.3 is 15.2 Å². The maximum atomic E-state index is 12.1. The summed E-state index contributed by atoms with van der Waals surface area (Å²) in [5.74, 6) is 0. The molecule has 0 aromatic heterocycles. The fourth-order valence-corrected chi connectivity index (χ4v) is 4.47. The Bertz CT molecular complexity index is 685. The van der Waals surface area contributed by atoms with E-state index >= 15 is 0 Å². The molecule has 0 radical (unpaired) electrons. The van der Waals surface area contributed by atoms with Crippen molar-refractivity contribution < 1.29 is 28.0 Å². The summed E-state index contributed by atoms with van der Waals surface area (Å²) in [4.78, 5) is 19.8. The van der Waals surface area contributed by atoms with Crippen molar-refractivity contribution in [3.63, 3.8) is 0 Å². The lowest BCUT2D eigenvalue weighted by molar-refractivity contribution is 0.249. The highest BCUT2D eigenvalue weighted by atomic mass is 31.2. The maximum Gasteiger partial charge on any atom is 0.358 e. The van der Waals surface area contributed by atoms with Crippen molar-refractivity contribution in [3.8, 4) is 0 Å². The standard InChI is InChI=1S/C18H24O6P2/c19-25(20,17-11-5-3-6-12-17)23-15-9-1-2-10-16-24-26(21,22)18-13-7-4-8-14-18/h3-8,11-14H,1-2,9-10,15-16H2,(H,19,20)(H,21,22). The predicted octanol–water partition coefficient (Wildman–Crippen LogP) is 3.60. The van der Waals surface area contributed by atoms with Gasteiger partial charge in [0.25, 0.3) is 0 Å². The van der Waals surface area contributed by atoms with Gasteiger partial charge in [-0.1, -0.05) is 49.2 Å². The number of benzene rings is 2. The summed E-state index contributed by atoms with van der Waals surface area (Å²) >= 11 is 0. The predicted molar refractivity (Wildman–Crippen MR) is 102 cm³/mol. The van der Waals surface area contributed by atoms with Crippen molar-refractivity contribution >= 4 is 25.8 Å². The molecule has 2 aromatic carbocycles. The number of rotatable bonds is 11. The van der Waals surface area contributed by atoms with Crippen LogP contribution in [0.15, 0.2) is 60.7 Å². The van der Waals surface area contributed by atoms with Crippen LogP contribution in [0.4, 0.5) is 0 Å². The van der Waals surface area contributed by atoms with Gasteiger partial charge in [0.1, 0.15) is 0 Å². The van der Waals surface area contributed by atoms with Gasteiger partial charge in [-0.2, -0.15) is 0 Å². The second kappa shape index (κ2) is 10.2. The molecule has 0 aliphatic heterocycles. The quantitative estimate of drug-likeness (QED) is 0.444. The minimum atomic E-state index is -3.76. The zero-order valence-corrected chi connectivity index (χ0v) is 16.2. The van der Waals surface area contributed by atoms with E-state index in [1.54, 1.807) is 60.7 Å². The second-order valence-electron chi connectivity index (χ2n) is 5.79. The van der Waals surface area contributed by atoms with Gasteiger partial charge in [-0.05, 0) is 37.1 Å². The fraction of sp³-hybridized carbons (Fsp3) is 0.333. The summed E-state index contributed by atoms with van der Waals surface area (Å²) < 4.78 is 34.4. The van der Waals surface area contributed by atoms with Crippen LogP contribution in [0.25, 0.3) is 0 Å². The van der Waals surface area contributed by atoms with Crippen LogP contribution in [0.2, 0.25) is 0 Å². The lowest BCUT2D eigenvalue weighted by atomic mass is 10.2. The SMILES string of the molecule is O=P(O)(OCCCCCCOP(=O)(O)c1ccccc1)c1ccccc1. The maximum absolute atomic E-state index is 12.1. The molecule has 0 bridgehead atoms. The van der Waals surface area contributed by atoms with E-state index < -0.39 is 15.2 Å². The lowest BCUT2D eigenvalue weighted by Crippen LogP contribution is -2.07. The van der Waals surface area contributed by atoms with Gasteiger partial charge < -0.3 is 18.8 Å². The molecule has 2 atom stereocenters. The van der Waals surface area contributed by atoms with Gasteiger partial charge in [0, 0.05) is 0 Å². The number of unbranched alkanes of at least 4 members (excludes halogenated alkanes) is 3. The van der Waals surface area contributed by atoms with Gasteiger partial charge in [-0.3, -0.25) is 9.13 Å². The van der Waals surface area contributed by atoms with Gasteiger partial charge in [-0.15, -0.1) is 0 Å². The highest BCUT2D eigenvalue weighted by Crippen LogP contribution is 2.41. The molecule has 0 saturated carbocycles. The molecule has 0 aliphatic carbocycles. The second-order valence-corrected chi connectivity index (χ2v) is 9.42. The normalized spacial score (nSPS) is 15.9. The largest absolute Gasteiger partial charge is 0.358 e. The molecule has 2 unspecified atom stereocenters. The highest BCUT2D eigenvalue weighted by molar-refractivity contribution is 7.61. The summed E-state index contributed by atoms with van der Waals surface area (Å²) in [6.07, 6.45) is 2.82. The van der Waals surface area contributed by atoms with Crippen LogP contribution in [0.1, 0.15) is 25.7 Å². The molecule has 142 valence electrons. The molecule has 26 heavy (non-hydrogen) atoms. The Morgan fingerprint density at radius 3 is 1.31 bits per heavy atom. The summed E-state index contributed by atoms with van der Waals surface area (Å²) in [5, 5.41) is 0.570. The molecule has 2 N–H and O–H groups in total. The minimum Gasteiger partial charge on any atom is -0.321 e. The first-order valence-electron chi connectivity index (χ1n) is 8.48. The molecule has 0 saturated heterocycles. The Morgan fingerprint density at radius 1 is 0.615 bits per heavy atom. The molecule has 0 amide bonds. The van der Waals surface area contributed by atoms with Crippen LogP contribution in [0.3, 0.4) is 0 Å². The average molecular weight is 398 g/mol. The Hall–Kier alpha value is -1.26. The van der Waals surface area contributed by atoms with Crippen molar-refractivity contribution in [3.05, 3.63) is 60.7 Å². The van der Waals surface area contributed by atoms with E-state index in [-0.39, 0.29) is 23.8 Å². The summed E-state index contributed by atoms with van der Waals surface area (Å²) in [6, 6.07) is 16.6. The van der Waals surface area contributed by atoms with E-state index in [0.29, 0.717) is 12.8 Å². The highest BCUT2D eigenvalue weighted by Gasteiger charge is 2.22. The third-order valence-electron chi connectivity index (χ3n) is 3.74. The average Bonchev–Trinajstić information content (AvgIpc) is 2.65. The van der Waals surface area contributed by atoms with Crippen molar-refractivity contribution in [2.45, 2.75) is 25.7 Å². The van der Waals surface area contributed by atoms with Crippen LogP contribution >= 0.6 is 15.2 Å². The molecule has 0 heterocycles. The topological polar surface area (TPSA) is 93.1 Å². The van der Waals surface area contributed by atoms with Crippen LogP contribution < -0.4 is 10.6 Å². The van der Waals surface area contributed by atoms with Crippen LogP contribution in [0, 0.1) is 0 Å². The molecule has 0 spiro atoms. The molecule has 0 fully saturated rings. The number of hydrogen-bond donors (Lipinski definition) is 2. The van der Waals surface area contributed by atoms with E-state index in [0.717, 1.165) is 12.8 Å². The molecule has 8 heteroatoms. The van der Waals surface area contributed by atoms with Gasteiger partial charge in [-0.25, -0.2) is 0 Å². The van der Waals surface area contributed by atoms with E-state index in [1.807, 2.05) is 0 Å². The zero-order chi connectivity index (χ0) is 18.9. The van der Waals surface area contributed by atoms with E-state index in [2.05, 4.69) is 0 Å². The van der Waals surface area contributed by atoms with Gasteiger partial charge in [0.2, 0.25) is 0 Å². The van der Waals surface area contributed by atoms with E-state index in [1.165, 1.54) is 0 Å². The Labute approximate surface area is 153 Å². The lowest BCUT2D eigenvalue weighted by Gasteiger charge is -2.13. The first kappa shape index (κ1) is 21.0. The van der Waals surface area contributed by atoms with Gasteiger partial charge in [0.05, 0.1) is 23.8 Å². The third kappa shape index (κ3) is 6.81. The summed E-state index contributed by atoms with van der Waals surface area (Å²) in [5.41, 5.74) is 0. The zero-order valence-electron chi connectivity index (χ0n) is 14.4. The molecular formula is C18H24O6P2. The first-order chi connectivity index (χ1) is 12.4. The van der Waals surface area contributed by atoms with Crippen molar-refractivity contribution in [2.24, 2.45) is 0 Å². The molecule has 0 aliphatic rings. The molecule has 2 rings (SSSR count). The van der Waals surface area contributed by atoms with Crippen LogP contribution in [0.5, 0.6) is 0 Å². The number of hydrogen-bond acceptors (Lipinski definition) is 4. The Balaban J connectivity index is 1.59. The van der Waals surface area contributed by atoms with Crippen molar-refractivity contribution in [2.75, 3.05) is 13.2 Å². The minimum absolute atomic E-state index is 0.187.